The Balaban J connectivity index is 1.46. The second-order valence-electron chi connectivity index (χ2n) is 5.77. The van der Waals surface area contributed by atoms with Gasteiger partial charge in [-0.2, -0.15) is 0 Å². The van der Waals surface area contributed by atoms with Crippen LogP contribution in [0.1, 0.15) is 19.3 Å². The van der Waals surface area contributed by atoms with Crippen LogP contribution < -0.4 is 14.8 Å². The number of rotatable bonds is 4. The molecule has 0 saturated carbocycles. The quantitative estimate of drug-likeness (QED) is 0.928. The van der Waals surface area contributed by atoms with Gasteiger partial charge < -0.3 is 19.5 Å². The molecule has 5 nitrogen and oxygen atoms in total. The summed E-state index contributed by atoms with van der Waals surface area (Å²) < 4.78 is 17.0. The molecule has 2 aromatic rings. The summed E-state index contributed by atoms with van der Waals surface area (Å²) >= 11 is 1.62. The predicted octanol–water partition coefficient (Wildman–Crippen LogP) is 3.56. The number of benzene rings is 1. The molecule has 2 aliphatic rings. The van der Waals surface area contributed by atoms with Crippen molar-refractivity contribution in [1.29, 1.82) is 0 Å². The third-order valence-corrected chi connectivity index (χ3v) is 4.85. The average Bonchev–Trinajstić information content (AvgIpc) is 3.20. The largest absolute Gasteiger partial charge is 0.490 e. The van der Waals surface area contributed by atoms with E-state index >= 15 is 0 Å². The number of thiazole rings is 1. The van der Waals surface area contributed by atoms with Crippen LogP contribution in [-0.2, 0) is 4.74 Å². The third kappa shape index (κ3) is 3.43. The lowest BCUT2D eigenvalue weighted by Crippen LogP contribution is -2.18. The Morgan fingerprint density at radius 1 is 1.13 bits per heavy atom. The molecule has 3 heterocycles. The fraction of sp³-hybridized carbons (Fsp3) is 0.471. The summed E-state index contributed by atoms with van der Waals surface area (Å²) in [5.41, 5.74) is 2.01. The van der Waals surface area contributed by atoms with Crippen molar-refractivity contribution in [2.75, 3.05) is 31.7 Å². The van der Waals surface area contributed by atoms with Gasteiger partial charge in [-0.15, -0.1) is 11.3 Å². The van der Waals surface area contributed by atoms with Crippen molar-refractivity contribution in [2.24, 2.45) is 0 Å². The Labute approximate surface area is 139 Å². The van der Waals surface area contributed by atoms with E-state index in [0.717, 1.165) is 60.3 Å². The zero-order valence-corrected chi connectivity index (χ0v) is 13.7. The van der Waals surface area contributed by atoms with Crippen molar-refractivity contribution in [3.8, 4) is 22.8 Å². The summed E-state index contributed by atoms with van der Waals surface area (Å²) in [5.74, 6) is 1.63. The number of hydrogen-bond donors (Lipinski definition) is 1. The topological polar surface area (TPSA) is 52.6 Å². The van der Waals surface area contributed by atoms with Gasteiger partial charge in [0.2, 0.25) is 0 Å². The smallest absolute Gasteiger partial charge is 0.183 e. The lowest BCUT2D eigenvalue weighted by Gasteiger charge is -2.09. The van der Waals surface area contributed by atoms with Gasteiger partial charge in [0.05, 0.1) is 25.0 Å². The molecule has 1 fully saturated rings. The Bertz CT molecular complexity index is 668. The molecule has 0 radical (unpaired) electrons. The molecule has 0 amide bonds. The van der Waals surface area contributed by atoms with Crippen molar-refractivity contribution in [3.05, 3.63) is 23.6 Å². The zero-order chi connectivity index (χ0) is 15.5. The standard InChI is InChI=1S/C17H20N2O3S/c1-3-13(20-6-1)10-18-17-19-14(11-23-17)12-4-5-15-16(9-12)22-8-2-7-21-15/h4-5,9,11,13H,1-3,6-8,10H2,(H,18,19)/t13-/m1/s1. The van der Waals surface area contributed by atoms with E-state index in [9.17, 15) is 0 Å². The van der Waals surface area contributed by atoms with Crippen molar-refractivity contribution in [1.82, 2.24) is 4.98 Å². The molecule has 2 aliphatic heterocycles. The minimum Gasteiger partial charge on any atom is -0.490 e. The molecule has 0 bridgehead atoms. The molecule has 0 spiro atoms. The average molecular weight is 332 g/mol. The van der Waals surface area contributed by atoms with Crippen LogP contribution in [0.5, 0.6) is 11.5 Å². The zero-order valence-electron chi connectivity index (χ0n) is 12.9. The van der Waals surface area contributed by atoms with Crippen LogP contribution in [0.3, 0.4) is 0 Å². The number of nitrogens with zero attached hydrogens (tertiary/aromatic N) is 1. The molecule has 122 valence electrons. The van der Waals surface area contributed by atoms with Gasteiger partial charge in [0, 0.05) is 30.5 Å². The third-order valence-electron chi connectivity index (χ3n) is 4.05. The summed E-state index contributed by atoms with van der Waals surface area (Å²) in [5, 5.41) is 6.38. The first-order valence-corrected chi connectivity index (χ1v) is 8.97. The van der Waals surface area contributed by atoms with E-state index in [1.54, 1.807) is 11.3 Å². The normalized spacial score (nSPS) is 20.3. The molecule has 0 aliphatic carbocycles. The van der Waals surface area contributed by atoms with Gasteiger partial charge in [-0.3, -0.25) is 0 Å². The lowest BCUT2D eigenvalue weighted by atomic mass is 10.1. The van der Waals surface area contributed by atoms with Gasteiger partial charge in [0.25, 0.3) is 0 Å². The summed E-state index contributed by atoms with van der Waals surface area (Å²) in [4.78, 5) is 4.67. The van der Waals surface area contributed by atoms with E-state index < -0.39 is 0 Å². The van der Waals surface area contributed by atoms with Gasteiger partial charge in [-0.05, 0) is 31.0 Å². The van der Waals surface area contributed by atoms with E-state index in [4.69, 9.17) is 14.2 Å². The number of aromatic nitrogens is 1. The molecule has 0 unspecified atom stereocenters. The Morgan fingerprint density at radius 2 is 2.04 bits per heavy atom. The number of ether oxygens (including phenoxy) is 3. The summed E-state index contributed by atoms with van der Waals surface area (Å²) in [6.45, 7) is 3.11. The van der Waals surface area contributed by atoms with Crippen LogP contribution in [0.25, 0.3) is 11.3 Å². The van der Waals surface area contributed by atoms with Crippen LogP contribution in [0.4, 0.5) is 5.13 Å². The SMILES string of the molecule is c1cc2c(cc1-c1csc(NC[C@H]3CCCO3)n1)OCCCO2. The van der Waals surface area contributed by atoms with Crippen LogP contribution in [0, 0.1) is 0 Å². The maximum Gasteiger partial charge on any atom is 0.183 e. The van der Waals surface area contributed by atoms with Gasteiger partial charge in [0.15, 0.2) is 16.6 Å². The second-order valence-corrected chi connectivity index (χ2v) is 6.62. The summed E-state index contributed by atoms with van der Waals surface area (Å²) in [7, 11) is 0. The van der Waals surface area contributed by atoms with Crippen molar-refractivity contribution < 1.29 is 14.2 Å². The van der Waals surface area contributed by atoms with E-state index in [1.807, 2.05) is 18.2 Å². The molecular formula is C17H20N2O3S. The second kappa shape index (κ2) is 6.76. The first-order valence-electron chi connectivity index (χ1n) is 8.09. The minimum atomic E-state index is 0.320. The molecular weight excluding hydrogens is 312 g/mol. The van der Waals surface area contributed by atoms with Crippen LogP contribution in [0.2, 0.25) is 0 Å². The molecule has 1 aromatic carbocycles. The highest BCUT2D eigenvalue weighted by Crippen LogP contribution is 2.35. The maximum atomic E-state index is 5.75. The molecule has 23 heavy (non-hydrogen) atoms. The summed E-state index contributed by atoms with van der Waals surface area (Å²) in [6, 6.07) is 6.01. The van der Waals surface area contributed by atoms with Crippen LogP contribution in [0.15, 0.2) is 23.6 Å². The first kappa shape index (κ1) is 14.8. The number of fused-ring (bicyclic) bond motifs is 1. The van der Waals surface area contributed by atoms with Gasteiger partial charge >= 0.3 is 0 Å². The molecule has 1 N–H and O–H groups in total. The highest BCUT2D eigenvalue weighted by atomic mass is 32.1. The molecule has 1 aromatic heterocycles. The highest BCUT2D eigenvalue weighted by molar-refractivity contribution is 7.14. The number of anilines is 1. The van der Waals surface area contributed by atoms with Crippen molar-refractivity contribution in [2.45, 2.75) is 25.4 Å². The van der Waals surface area contributed by atoms with Crippen molar-refractivity contribution >= 4 is 16.5 Å². The number of nitrogens with one attached hydrogen (secondary N) is 1. The van der Waals surface area contributed by atoms with E-state index in [-0.39, 0.29) is 0 Å². The summed E-state index contributed by atoms with van der Waals surface area (Å²) in [6.07, 6.45) is 3.53. The van der Waals surface area contributed by atoms with Crippen LogP contribution in [-0.4, -0.2) is 37.5 Å². The van der Waals surface area contributed by atoms with Gasteiger partial charge in [-0.1, -0.05) is 0 Å². The van der Waals surface area contributed by atoms with E-state index in [0.29, 0.717) is 19.3 Å². The maximum absolute atomic E-state index is 5.75. The predicted molar refractivity (Wildman–Crippen MR) is 90.6 cm³/mol. The fourth-order valence-corrected chi connectivity index (χ4v) is 3.55. The molecule has 6 heteroatoms. The Hall–Kier alpha value is -1.79. The number of hydrogen-bond acceptors (Lipinski definition) is 6. The first-order chi connectivity index (χ1) is 11.4. The van der Waals surface area contributed by atoms with Crippen molar-refractivity contribution in [3.63, 3.8) is 0 Å². The molecule has 1 atom stereocenters. The molecule has 1 saturated heterocycles. The molecule has 4 rings (SSSR count). The Morgan fingerprint density at radius 3 is 2.91 bits per heavy atom. The fourth-order valence-electron chi connectivity index (χ4n) is 2.82. The van der Waals surface area contributed by atoms with Crippen LogP contribution >= 0.6 is 11.3 Å². The monoisotopic (exact) mass is 332 g/mol. The van der Waals surface area contributed by atoms with Gasteiger partial charge in [0.1, 0.15) is 0 Å². The Kier molecular flexibility index (Phi) is 4.35. The van der Waals surface area contributed by atoms with E-state index in [2.05, 4.69) is 15.7 Å². The highest BCUT2D eigenvalue weighted by Gasteiger charge is 2.16. The lowest BCUT2D eigenvalue weighted by molar-refractivity contribution is 0.120. The minimum absolute atomic E-state index is 0.320. The van der Waals surface area contributed by atoms with Gasteiger partial charge in [-0.25, -0.2) is 4.98 Å². The van der Waals surface area contributed by atoms with E-state index in [1.165, 1.54) is 0 Å².